The van der Waals surface area contributed by atoms with Crippen molar-refractivity contribution in [1.29, 1.82) is 0 Å². The first-order chi connectivity index (χ1) is 9.68. The van der Waals surface area contributed by atoms with Gasteiger partial charge < -0.3 is 10.2 Å². The van der Waals surface area contributed by atoms with Gasteiger partial charge in [-0.25, -0.2) is 0 Å². The van der Waals surface area contributed by atoms with Crippen molar-refractivity contribution in [3.05, 3.63) is 23.3 Å². The van der Waals surface area contributed by atoms with Crippen molar-refractivity contribution in [2.24, 2.45) is 5.41 Å². The molecule has 0 aliphatic heterocycles. The molecule has 0 heterocycles. The van der Waals surface area contributed by atoms with E-state index in [1.54, 1.807) is 0 Å². The standard InChI is InChI=1S/C17H29NO2/c1-3-7-18(8-4-2)16-9-14-5-6-17(12-19,13-20)11-15(14)10-16/h5-6,16,19-20H,3-4,7-13H2,1-2H3. The second kappa shape index (κ2) is 6.88. The van der Waals surface area contributed by atoms with Crippen LogP contribution in [0, 0.1) is 5.41 Å². The Balaban J connectivity index is 2.03. The summed E-state index contributed by atoms with van der Waals surface area (Å²) in [7, 11) is 0. The van der Waals surface area contributed by atoms with E-state index in [0.29, 0.717) is 6.04 Å². The molecule has 2 aliphatic rings. The molecule has 0 aromatic carbocycles. The molecule has 0 saturated heterocycles. The van der Waals surface area contributed by atoms with Gasteiger partial charge in [-0.1, -0.05) is 31.6 Å². The van der Waals surface area contributed by atoms with Gasteiger partial charge in [0.25, 0.3) is 0 Å². The van der Waals surface area contributed by atoms with Crippen LogP contribution in [0.4, 0.5) is 0 Å². The van der Waals surface area contributed by atoms with Crippen LogP contribution in [0.1, 0.15) is 46.0 Å². The van der Waals surface area contributed by atoms with E-state index in [1.807, 2.05) is 6.08 Å². The third-order valence-electron chi connectivity index (χ3n) is 4.76. The molecule has 0 spiro atoms. The van der Waals surface area contributed by atoms with Crippen LogP contribution in [0.5, 0.6) is 0 Å². The van der Waals surface area contributed by atoms with E-state index in [-0.39, 0.29) is 13.2 Å². The first-order valence-corrected chi connectivity index (χ1v) is 8.04. The third kappa shape index (κ3) is 3.16. The van der Waals surface area contributed by atoms with Gasteiger partial charge in [-0.3, -0.25) is 4.90 Å². The van der Waals surface area contributed by atoms with Crippen LogP contribution in [0.3, 0.4) is 0 Å². The molecule has 0 bridgehead atoms. The highest BCUT2D eigenvalue weighted by Gasteiger charge is 2.36. The Morgan fingerprint density at radius 3 is 2.35 bits per heavy atom. The monoisotopic (exact) mass is 279 g/mol. The fourth-order valence-corrected chi connectivity index (χ4v) is 3.60. The second-order valence-electron chi connectivity index (χ2n) is 6.42. The molecule has 0 fully saturated rings. The Kier molecular flexibility index (Phi) is 5.42. The molecule has 1 unspecified atom stereocenters. The van der Waals surface area contributed by atoms with Gasteiger partial charge in [-0.05, 0) is 50.8 Å². The smallest absolute Gasteiger partial charge is 0.0547 e. The summed E-state index contributed by atoms with van der Waals surface area (Å²) in [4.78, 5) is 2.62. The summed E-state index contributed by atoms with van der Waals surface area (Å²) in [5, 5.41) is 19.1. The predicted octanol–water partition coefficient (Wildman–Crippen LogP) is 2.50. The number of nitrogens with zero attached hydrogens (tertiary/aromatic N) is 1. The van der Waals surface area contributed by atoms with Crippen LogP contribution in [-0.2, 0) is 0 Å². The minimum Gasteiger partial charge on any atom is -0.395 e. The third-order valence-corrected chi connectivity index (χ3v) is 4.76. The largest absolute Gasteiger partial charge is 0.395 e. The molecule has 0 saturated carbocycles. The molecule has 3 heteroatoms. The highest BCUT2D eigenvalue weighted by molar-refractivity contribution is 5.38. The van der Waals surface area contributed by atoms with Crippen molar-refractivity contribution in [3.63, 3.8) is 0 Å². The quantitative estimate of drug-likeness (QED) is 0.752. The Morgan fingerprint density at radius 1 is 1.15 bits per heavy atom. The summed E-state index contributed by atoms with van der Waals surface area (Å²) in [5.41, 5.74) is 2.48. The van der Waals surface area contributed by atoms with Crippen molar-refractivity contribution in [2.45, 2.75) is 52.0 Å². The predicted molar refractivity (Wildman–Crippen MR) is 82.6 cm³/mol. The molecule has 2 N–H and O–H groups in total. The normalized spacial score (nSPS) is 24.6. The number of allylic oxidation sites excluding steroid dienone is 1. The van der Waals surface area contributed by atoms with Crippen LogP contribution in [-0.4, -0.2) is 47.5 Å². The molecule has 2 rings (SSSR count). The molecule has 0 aromatic rings. The van der Waals surface area contributed by atoms with Gasteiger partial charge in [0.1, 0.15) is 0 Å². The number of aliphatic hydroxyl groups excluding tert-OH is 2. The van der Waals surface area contributed by atoms with Crippen molar-refractivity contribution in [1.82, 2.24) is 4.90 Å². The maximum absolute atomic E-state index is 9.56. The second-order valence-corrected chi connectivity index (χ2v) is 6.42. The van der Waals surface area contributed by atoms with Crippen LogP contribution >= 0.6 is 0 Å². The van der Waals surface area contributed by atoms with Crippen molar-refractivity contribution in [2.75, 3.05) is 26.3 Å². The van der Waals surface area contributed by atoms with E-state index in [9.17, 15) is 10.2 Å². The fraction of sp³-hybridized carbons (Fsp3) is 0.765. The SMILES string of the molecule is CCCN(CCC)C1CC2=C(C1)CC(CO)(CO)C=C2. The maximum Gasteiger partial charge on any atom is 0.0547 e. The number of rotatable bonds is 7. The topological polar surface area (TPSA) is 43.7 Å². The van der Waals surface area contributed by atoms with Gasteiger partial charge in [-0.15, -0.1) is 0 Å². The van der Waals surface area contributed by atoms with Gasteiger partial charge in [-0.2, -0.15) is 0 Å². The minimum absolute atomic E-state index is 0.0368. The van der Waals surface area contributed by atoms with Gasteiger partial charge in [0, 0.05) is 11.5 Å². The van der Waals surface area contributed by atoms with E-state index >= 15 is 0 Å². The molecule has 20 heavy (non-hydrogen) atoms. The highest BCUT2D eigenvalue weighted by Crippen LogP contribution is 2.42. The van der Waals surface area contributed by atoms with E-state index in [1.165, 1.54) is 37.1 Å². The average molecular weight is 279 g/mol. The Bertz CT molecular complexity index is 376. The number of aliphatic hydroxyl groups is 2. The summed E-state index contributed by atoms with van der Waals surface area (Å²) >= 11 is 0. The molecule has 3 nitrogen and oxygen atoms in total. The molecule has 2 aliphatic carbocycles. The molecule has 0 aromatic heterocycles. The van der Waals surface area contributed by atoms with Crippen LogP contribution in [0.25, 0.3) is 0 Å². The van der Waals surface area contributed by atoms with Crippen molar-refractivity contribution >= 4 is 0 Å². The lowest BCUT2D eigenvalue weighted by Crippen LogP contribution is -2.35. The molecule has 1 atom stereocenters. The Morgan fingerprint density at radius 2 is 1.80 bits per heavy atom. The zero-order valence-electron chi connectivity index (χ0n) is 12.9. The van der Waals surface area contributed by atoms with Gasteiger partial charge in [0.15, 0.2) is 0 Å². The van der Waals surface area contributed by atoms with Crippen LogP contribution in [0.15, 0.2) is 23.3 Å². The van der Waals surface area contributed by atoms with E-state index in [2.05, 4.69) is 24.8 Å². The van der Waals surface area contributed by atoms with Crippen molar-refractivity contribution in [3.8, 4) is 0 Å². The summed E-state index contributed by atoms with van der Waals surface area (Å²) in [6, 6.07) is 0.623. The maximum atomic E-state index is 9.56. The molecular formula is C17H29NO2. The zero-order valence-corrected chi connectivity index (χ0v) is 12.9. The van der Waals surface area contributed by atoms with Gasteiger partial charge in [0.2, 0.25) is 0 Å². The average Bonchev–Trinajstić information content (AvgIpc) is 2.89. The number of hydrogen-bond acceptors (Lipinski definition) is 3. The summed E-state index contributed by atoms with van der Waals surface area (Å²) < 4.78 is 0. The van der Waals surface area contributed by atoms with Gasteiger partial charge >= 0.3 is 0 Å². The molecular weight excluding hydrogens is 250 g/mol. The lowest BCUT2D eigenvalue weighted by molar-refractivity contribution is 0.0914. The van der Waals surface area contributed by atoms with E-state index < -0.39 is 5.41 Å². The van der Waals surface area contributed by atoms with E-state index in [0.717, 1.165) is 19.3 Å². The lowest BCUT2D eigenvalue weighted by atomic mass is 9.78. The summed E-state index contributed by atoms with van der Waals surface area (Å²) in [5.74, 6) is 0. The fourth-order valence-electron chi connectivity index (χ4n) is 3.60. The Hall–Kier alpha value is -0.640. The van der Waals surface area contributed by atoms with Crippen LogP contribution < -0.4 is 0 Å². The number of hydrogen-bond donors (Lipinski definition) is 2. The first kappa shape index (κ1) is 15.7. The summed E-state index contributed by atoms with van der Waals surface area (Å²) in [6.45, 7) is 6.91. The highest BCUT2D eigenvalue weighted by atomic mass is 16.3. The van der Waals surface area contributed by atoms with Crippen LogP contribution in [0.2, 0.25) is 0 Å². The molecule has 0 amide bonds. The van der Waals surface area contributed by atoms with Gasteiger partial charge in [0.05, 0.1) is 13.2 Å². The lowest BCUT2D eigenvalue weighted by Gasteiger charge is -2.30. The van der Waals surface area contributed by atoms with E-state index in [4.69, 9.17) is 0 Å². The Labute approximate surface area is 123 Å². The molecule has 114 valence electrons. The first-order valence-electron chi connectivity index (χ1n) is 8.04. The summed E-state index contributed by atoms with van der Waals surface area (Å²) in [6.07, 6.45) is 9.66. The zero-order chi connectivity index (χ0) is 14.6. The minimum atomic E-state index is -0.423. The van der Waals surface area contributed by atoms with Crippen molar-refractivity contribution < 1.29 is 10.2 Å². The molecule has 0 radical (unpaired) electrons.